The Morgan fingerprint density at radius 2 is 1.90 bits per heavy atom. The van der Waals surface area contributed by atoms with Crippen LogP contribution in [0, 0.1) is 13.8 Å². The monoisotopic (exact) mass is 266 g/mol. The van der Waals surface area contributed by atoms with Gasteiger partial charge < -0.3 is 5.32 Å². The molecule has 1 aromatic carbocycles. The van der Waals surface area contributed by atoms with E-state index in [0.29, 0.717) is 6.54 Å². The quantitative estimate of drug-likeness (QED) is 0.789. The van der Waals surface area contributed by atoms with Crippen molar-refractivity contribution in [3.8, 4) is 0 Å². The fourth-order valence-corrected chi connectivity index (χ4v) is 2.32. The van der Waals surface area contributed by atoms with Crippen LogP contribution < -0.4 is 5.32 Å². The van der Waals surface area contributed by atoms with Crippen LogP contribution in [0.2, 0.25) is 0 Å². The number of aromatic nitrogens is 3. The van der Waals surface area contributed by atoms with Gasteiger partial charge in [-0.3, -0.25) is 4.40 Å². The first-order valence-electron chi connectivity index (χ1n) is 6.80. The predicted octanol–water partition coefficient (Wildman–Crippen LogP) is 2.64. The molecule has 0 aliphatic heterocycles. The summed E-state index contributed by atoms with van der Waals surface area (Å²) in [6.07, 6.45) is 1.99. The first kappa shape index (κ1) is 12.8. The molecule has 4 nitrogen and oxygen atoms in total. The lowest BCUT2D eigenvalue weighted by molar-refractivity contribution is 0.654. The summed E-state index contributed by atoms with van der Waals surface area (Å²) in [5.74, 6) is 0.936. The molecule has 3 aromatic rings. The Balaban J connectivity index is 1.70. The van der Waals surface area contributed by atoms with Crippen molar-refractivity contribution in [1.29, 1.82) is 0 Å². The smallest absolute Gasteiger partial charge is 0.160 e. The van der Waals surface area contributed by atoms with E-state index in [-0.39, 0.29) is 0 Å². The summed E-state index contributed by atoms with van der Waals surface area (Å²) in [5.41, 5.74) is 4.90. The summed E-state index contributed by atoms with van der Waals surface area (Å²) in [6.45, 7) is 5.86. The predicted molar refractivity (Wildman–Crippen MR) is 79.4 cm³/mol. The van der Waals surface area contributed by atoms with Gasteiger partial charge >= 0.3 is 0 Å². The summed E-state index contributed by atoms with van der Waals surface area (Å²) in [7, 11) is 0. The largest absolute Gasteiger partial charge is 0.306 e. The van der Waals surface area contributed by atoms with Gasteiger partial charge in [-0.25, -0.2) is 0 Å². The molecular formula is C16H18N4. The van der Waals surface area contributed by atoms with E-state index >= 15 is 0 Å². The molecule has 4 heteroatoms. The molecular weight excluding hydrogens is 248 g/mol. The standard InChI is InChI=1S/C16H18N4/c1-12-6-5-7-14(13(12)2)10-17-11-16-19-18-15-8-3-4-9-20(15)16/h3-9,17H,10-11H2,1-2H3. The highest BCUT2D eigenvalue weighted by molar-refractivity contribution is 5.37. The van der Waals surface area contributed by atoms with Crippen LogP contribution in [-0.4, -0.2) is 14.6 Å². The highest BCUT2D eigenvalue weighted by Gasteiger charge is 2.05. The summed E-state index contributed by atoms with van der Waals surface area (Å²) in [5, 5.41) is 11.8. The second kappa shape index (κ2) is 5.43. The van der Waals surface area contributed by atoms with Gasteiger partial charge in [0.1, 0.15) is 0 Å². The van der Waals surface area contributed by atoms with Gasteiger partial charge in [0.15, 0.2) is 11.5 Å². The van der Waals surface area contributed by atoms with Crippen molar-refractivity contribution in [1.82, 2.24) is 19.9 Å². The summed E-state index contributed by atoms with van der Waals surface area (Å²) in [6, 6.07) is 12.3. The summed E-state index contributed by atoms with van der Waals surface area (Å²) in [4.78, 5) is 0. The molecule has 2 heterocycles. The highest BCUT2D eigenvalue weighted by Crippen LogP contribution is 2.12. The number of nitrogens with one attached hydrogen (secondary N) is 1. The second-order valence-corrected chi connectivity index (χ2v) is 5.01. The van der Waals surface area contributed by atoms with Crippen LogP contribution in [-0.2, 0) is 13.1 Å². The Labute approximate surface area is 118 Å². The van der Waals surface area contributed by atoms with Gasteiger partial charge in [-0.15, -0.1) is 10.2 Å². The zero-order chi connectivity index (χ0) is 13.9. The molecule has 0 saturated carbocycles. The van der Waals surface area contributed by atoms with Crippen LogP contribution >= 0.6 is 0 Å². The van der Waals surface area contributed by atoms with E-state index in [1.165, 1.54) is 16.7 Å². The molecule has 0 saturated heterocycles. The Bertz CT molecular complexity index is 730. The number of fused-ring (bicyclic) bond motifs is 1. The average Bonchev–Trinajstić information content (AvgIpc) is 2.87. The molecule has 0 atom stereocenters. The van der Waals surface area contributed by atoms with E-state index < -0.39 is 0 Å². The highest BCUT2D eigenvalue weighted by atomic mass is 15.3. The van der Waals surface area contributed by atoms with Crippen LogP contribution in [0.5, 0.6) is 0 Å². The van der Waals surface area contributed by atoms with Gasteiger partial charge in [0.25, 0.3) is 0 Å². The number of hydrogen-bond acceptors (Lipinski definition) is 3. The van der Waals surface area contributed by atoms with Crippen molar-refractivity contribution in [3.05, 3.63) is 65.1 Å². The SMILES string of the molecule is Cc1cccc(CNCc2nnc3ccccn23)c1C. The Hall–Kier alpha value is -2.20. The molecule has 102 valence electrons. The molecule has 0 radical (unpaired) electrons. The van der Waals surface area contributed by atoms with Crippen molar-refractivity contribution in [2.45, 2.75) is 26.9 Å². The number of hydrogen-bond donors (Lipinski definition) is 1. The van der Waals surface area contributed by atoms with Crippen molar-refractivity contribution in [3.63, 3.8) is 0 Å². The third kappa shape index (κ3) is 2.42. The fourth-order valence-electron chi connectivity index (χ4n) is 2.32. The molecule has 1 N–H and O–H groups in total. The zero-order valence-corrected chi connectivity index (χ0v) is 11.8. The van der Waals surface area contributed by atoms with E-state index in [4.69, 9.17) is 0 Å². The van der Waals surface area contributed by atoms with Gasteiger partial charge in [-0.05, 0) is 42.7 Å². The number of nitrogens with zero attached hydrogens (tertiary/aromatic N) is 3. The van der Waals surface area contributed by atoms with Crippen molar-refractivity contribution >= 4 is 5.65 Å². The summed E-state index contributed by atoms with van der Waals surface area (Å²) >= 11 is 0. The minimum absolute atomic E-state index is 0.707. The Kier molecular flexibility index (Phi) is 3.48. The molecule has 20 heavy (non-hydrogen) atoms. The molecule has 2 aromatic heterocycles. The number of rotatable bonds is 4. The van der Waals surface area contributed by atoms with Gasteiger partial charge in [0.05, 0.1) is 6.54 Å². The van der Waals surface area contributed by atoms with Crippen LogP contribution in [0.25, 0.3) is 5.65 Å². The lowest BCUT2D eigenvalue weighted by atomic mass is 10.0. The first-order chi connectivity index (χ1) is 9.75. The molecule has 0 fully saturated rings. The van der Waals surface area contributed by atoms with E-state index in [9.17, 15) is 0 Å². The molecule has 0 unspecified atom stereocenters. The van der Waals surface area contributed by atoms with E-state index in [1.54, 1.807) is 0 Å². The van der Waals surface area contributed by atoms with Crippen molar-refractivity contribution < 1.29 is 0 Å². The molecule has 0 bridgehead atoms. The third-order valence-electron chi connectivity index (χ3n) is 3.70. The first-order valence-corrected chi connectivity index (χ1v) is 6.80. The van der Waals surface area contributed by atoms with Crippen LogP contribution in [0.15, 0.2) is 42.6 Å². The van der Waals surface area contributed by atoms with E-state index in [1.807, 2.05) is 28.8 Å². The van der Waals surface area contributed by atoms with Gasteiger partial charge in [0.2, 0.25) is 0 Å². The van der Waals surface area contributed by atoms with Crippen molar-refractivity contribution in [2.75, 3.05) is 0 Å². The topological polar surface area (TPSA) is 42.2 Å². The lowest BCUT2D eigenvalue weighted by Crippen LogP contribution is -2.15. The van der Waals surface area contributed by atoms with E-state index in [0.717, 1.165) is 18.0 Å². The minimum atomic E-state index is 0.707. The average molecular weight is 266 g/mol. The minimum Gasteiger partial charge on any atom is -0.306 e. The van der Waals surface area contributed by atoms with Gasteiger partial charge in [-0.1, -0.05) is 24.3 Å². The second-order valence-electron chi connectivity index (χ2n) is 5.01. The third-order valence-corrected chi connectivity index (χ3v) is 3.70. The fraction of sp³-hybridized carbons (Fsp3) is 0.250. The van der Waals surface area contributed by atoms with Gasteiger partial charge in [0, 0.05) is 12.7 Å². The number of pyridine rings is 1. The normalized spacial score (nSPS) is 11.1. The maximum atomic E-state index is 4.22. The summed E-state index contributed by atoms with van der Waals surface area (Å²) < 4.78 is 2.01. The molecule has 0 spiro atoms. The van der Waals surface area contributed by atoms with Crippen LogP contribution in [0.3, 0.4) is 0 Å². The van der Waals surface area contributed by atoms with Crippen molar-refractivity contribution in [2.24, 2.45) is 0 Å². The zero-order valence-electron chi connectivity index (χ0n) is 11.8. The lowest BCUT2D eigenvalue weighted by Gasteiger charge is -2.09. The van der Waals surface area contributed by atoms with E-state index in [2.05, 4.69) is 47.6 Å². The van der Waals surface area contributed by atoms with Gasteiger partial charge in [-0.2, -0.15) is 0 Å². The Morgan fingerprint density at radius 3 is 2.80 bits per heavy atom. The maximum absolute atomic E-state index is 4.22. The molecule has 0 aliphatic carbocycles. The van der Waals surface area contributed by atoms with Crippen LogP contribution in [0.1, 0.15) is 22.5 Å². The number of benzene rings is 1. The molecule has 3 rings (SSSR count). The van der Waals surface area contributed by atoms with Crippen LogP contribution in [0.4, 0.5) is 0 Å². The number of aryl methyl sites for hydroxylation is 1. The molecule has 0 amide bonds. The Morgan fingerprint density at radius 1 is 1.00 bits per heavy atom. The molecule has 0 aliphatic rings. The maximum Gasteiger partial charge on any atom is 0.160 e.